The third kappa shape index (κ3) is 6.70. The fourth-order valence-corrected chi connectivity index (χ4v) is 5.80. The van der Waals surface area contributed by atoms with Crippen molar-refractivity contribution in [1.82, 2.24) is 14.9 Å². The summed E-state index contributed by atoms with van der Waals surface area (Å²) < 4.78 is 19.9. The number of nitrogens with zero attached hydrogens (tertiary/aromatic N) is 5. The number of ether oxygens (including phenoxy) is 1. The maximum atomic E-state index is 13.7. The van der Waals surface area contributed by atoms with Gasteiger partial charge >= 0.3 is 0 Å². The zero-order chi connectivity index (χ0) is 29.9. The third-order valence-electron chi connectivity index (χ3n) is 8.07. The molecule has 1 aromatic heterocycles. The van der Waals surface area contributed by atoms with E-state index in [4.69, 9.17) is 19.7 Å². The van der Waals surface area contributed by atoms with Crippen molar-refractivity contribution in [3.05, 3.63) is 94.4 Å². The van der Waals surface area contributed by atoms with Gasteiger partial charge in [0.15, 0.2) is 0 Å². The molecule has 222 valence electrons. The first-order valence-electron chi connectivity index (χ1n) is 15.0. The Kier molecular flexibility index (Phi) is 8.38. The second-order valence-electron chi connectivity index (χ2n) is 11.8. The summed E-state index contributed by atoms with van der Waals surface area (Å²) in [6, 6.07) is 19.7. The van der Waals surface area contributed by atoms with Crippen LogP contribution in [0.25, 0.3) is 11.1 Å². The van der Waals surface area contributed by atoms with Crippen LogP contribution in [-0.4, -0.2) is 60.9 Å². The van der Waals surface area contributed by atoms with E-state index in [0.717, 1.165) is 82.4 Å². The van der Waals surface area contributed by atoms with Gasteiger partial charge in [-0.25, -0.2) is 9.37 Å². The quantitative estimate of drug-likeness (QED) is 0.226. The van der Waals surface area contributed by atoms with Crippen molar-refractivity contribution in [2.24, 2.45) is 4.99 Å². The predicted octanol–water partition coefficient (Wildman–Crippen LogP) is 6.59. The highest BCUT2D eigenvalue weighted by Crippen LogP contribution is 2.36. The molecule has 0 saturated carbocycles. The Morgan fingerprint density at radius 3 is 2.56 bits per heavy atom. The number of nitrogens with one attached hydrogen (secondary N) is 1. The minimum absolute atomic E-state index is 0.239. The van der Waals surface area contributed by atoms with Crippen LogP contribution < -0.4 is 15.0 Å². The van der Waals surface area contributed by atoms with Crippen molar-refractivity contribution in [2.75, 3.05) is 50.6 Å². The molecule has 3 aromatic carbocycles. The van der Waals surface area contributed by atoms with E-state index in [-0.39, 0.29) is 5.82 Å². The van der Waals surface area contributed by atoms with E-state index in [0.29, 0.717) is 32.1 Å². The Labute approximate surface area is 253 Å². The molecular weight excluding hydrogens is 539 g/mol. The van der Waals surface area contributed by atoms with E-state index < -0.39 is 0 Å². The Hall–Kier alpha value is -4.30. The third-order valence-corrected chi connectivity index (χ3v) is 8.07. The lowest BCUT2D eigenvalue weighted by molar-refractivity contribution is 0.331. The SMILES string of the molecule is CC1=Nc2cc(-c3ccc4c(c3)CN(c3nc(NCCCN(C)C)nc(C)c3Cc3ccc(F)cc3)CCO4)ccc2C1. The molecule has 2 aliphatic heterocycles. The van der Waals surface area contributed by atoms with Crippen molar-refractivity contribution in [2.45, 2.75) is 39.7 Å². The van der Waals surface area contributed by atoms with Crippen LogP contribution in [0.2, 0.25) is 0 Å². The molecular formula is C35H39FN6O. The van der Waals surface area contributed by atoms with Gasteiger partial charge in [0.2, 0.25) is 5.95 Å². The highest BCUT2D eigenvalue weighted by atomic mass is 19.1. The molecule has 0 spiro atoms. The number of aliphatic imine (C=N–C) groups is 1. The largest absolute Gasteiger partial charge is 0.491 e. The van der Waals surface area contributed by atoms with E-state index in [1.165, 1.54) is 17.7 Å². The maximum absolute atomic E-state index is 13.7. The van der Waals surface area contributed by atoms with Gasteiger partial charge in [-0.15, -0.1) is 0 Å². The van der Waals surface area contributed by atoms with Crippen molar-refractivity contribution in [3.8, 4) is 16.9 Å². The molecule has 6 rings (SSSR count). The maximum Gasteiger partial charge on any atom is 0.224 e. The molecule has 0 amide bonds. The van der Waals surface area contributed by atoms with Gasteiger partial charge < -0.3 is 19.9 Å². The summed E-state index contributed by atoms with van der Waals surface area (Å²) >= 11 is 0. The summed E-state index contributed by atoms with van der Waals surface area (Å²) in [5.41, 5.74) is 9.87. The van der Waals surface area contributed by atoms with Gasteiger partial charge in [0.1, 0.15) is 24.0 Å². The first-order valence-corrected chi connectivity index (χ1v) is 15.0. The molecule has 0 bridgehead atoms. The fraction of sp³-hybridized carbons (Fsp3) is 0.343. The normalized spacial score (nSPS) is 14.2. The first kappa shape index (κ1) is 28.8. The summed E-state index contributed by atoms with van der Waals surface area (Å²) in [5, 5.41) is 3.44. The number of hydrogen-bond acceptors (Lipinski definition) is 7. The van der Waals surface area contributed by atoms with Crippen LogP contribution in [0.1, 0.15) is 41.3 Å². The zero-order valence-electron chi connectivity index (χ0n) is 25.5. The van der Waals surface area contributed by atoms with Gasteiger partial charge in [-0.05, 0) is 93.5 Å². The number of aryl methyl sites for hydroxylation is 1. The molecule has 4 aromatic rings. The lowest BCUT2D eigenvalue weighted by Crippen LogP contribution is -2.28. The summed E-state index contributed by atoms with van der Waals surface area (Å²) in [4.78, 5) is 19.1. The summed E-state index contributed by atoms with van der Waals surface area (Å²) in [6.45, 7) is 7.77. The molecule has 8 heteroatoms. The smallest absolute Gasteiger partial charge is 0.224 e. The van der Waals surface area contributed by atoms with Gasteiger partial charge in [-0.2, -0.15) is 4.98 Å². The zero-order valence-corrected chi connectivity index (χ0v) is 25.5. The number of aromatic nitrogens is 2. The van der Waals surface area contributed by atoms with E-state index in [9.17, 15) is 4.39 Å². The van der Waals surface area contributed by atoms with E-state index in [1.54, 1.807) is 0 Å². The number of halogens is 1. The molecule has 0 radical (unpaired) electrons. The standard InChI is InChI=1S/C35H39FN6O/c1-23-18-28-9-8-27(21-32(28)38-23)26-10-13-33-29(20-26)22-42(16-17-43-33)34-31(19-25-6-11-30(36)12-7-25)24(2)39-35(40-34)37-14-5-15-41(3)4/h6-13,20-21H,5,14-19,22H2,1-4H3,(H,37,39,40). The van der Waals surface area contributed by atoms with Crippen LogP contribution in [0.4, 0.5) is 21.8 Å². The van der Waals surface area contributed by atoms with Crippen LogP contribution in [0, 0.1) is 12.7 Å². The molecule has 2 aliphatic rings. The van der Waals surface area contributed by atoms with E-state index in [2.05, 4.69) is 72.5 Å². The van der Waals surface area contributed by atoms with Gasteiger partial charge in [-0.1, -0.05) is 30.3 Å². The Morgan fingerprint density at radius 2 is 1.74 bits per heavy atom. The fourth-order valence-electron chi connectivity index (χ4n) is 5.80. The number of fused-ring (bicyclic) bond motifs is 2. The molecule has 3 heterocycles. The molecule has 0 atom stereocenters. The monoisotopic (exact) mass is 578 g/mol. The van der Waals surface area contributed by atoms with Gasteiger partial charge in [0.05, 0.1) is 12.2 Å². The number of hydrogen-bond donors (Lipinski definition) is 1. The summed E-state index contributed by atoms with van der Waals surface area (Å²) in [5.74, 6) is 2.17. The van der Waals surface area contributed by atoms with Crippen LogP contribution in [-0.2, 0) is 19.4 Å². The molecule has 0 saturated heterocycles. The Balaban J connectivity index is 1.33. The van der Waals surface area contributed by atoms with Crippen molar-refractivity contribution < 1.29 is 9.13 Å². The van der Waals surface area contributed by atoms with Crippen LogP contribution in [0.3, 0.4) is 0 Å². The topological polar surface area (TPSA) is 65.9 Å². The van der Waals surface area contributed by atoms with Crippen LogP contribution >= 0.6 is 0 Å². The minimum Gasteiger partial charge on any atom is -0.491 e. The number of anilines is 2. The summed E-state index contributed by atoms with van der Waals surface area (Å²) in [7, 11) is 4.15. The molecule has 0 aliphatic carbocycles. The first-order chi connectivity index (χ1) is 20.8. The minimum atomic E-state index is -0.239. The number of rotatable bonds is 9. The second-order valence-corrected chi connectivity index (χ2v) is 11.8. The average molecular weight is 579 g/mol. The average Bonchev–Trinajstić information content (AvgIpc) is 3.23. The molecule has 43 heavy (non-hydrogen) atoms. The van der Waals surface area contributed by atoms with Gasteiger partial charge in [-0.3, -0.25) is 4.99 Å². The molecule has 0 fully saturated rings. The lowest BCUT2D eigenvalue weighted by atomic mass is 9.99. The van der Waals surface area contributed by atoms with Crippen molar-refractivity contribution in [1.29, 1.82) is 0 Å². The van der Waals surface area contributed by atoms with Crippen LogP contribution in [0.5, 0.6) is 5.75 Å². The van der Waals surface area contributed by atoms with Crippen LogP contribution in [0.15, 0.2) is 65.7 Å². The van der Waals surface area contributed by atoms with Gasteiger partial charge in [0.25, 0.3) is 0 Å². The molecule has 1 N–H and O–H groups in total. The summed E-state index contributed by atoms with van der Waals surface area (Å²) in [6.07, 6.45) is 2.53. The van der Waals surface area contributed by atoms with Crippen molar-refractivity contribution in [3.63, 3.8) is 0 Å². The van der Waals surface area contributed by atoms with Crippen molar-refractivity contribution >= 4 is 23.2 Å². The molecule has 7 nitrogen and oxygen atoms in total. The lowest BCUT2D eigenvalue weighted by Gasteiger charge is -2.25. The number of benzene rings is 3. The second kappa shape index (κ2) is 12.5. The Morgan fingerprint density at radius 1 is 0.953 bits per heavy atom. The molecule has 0 unspecified atom stereocenters. The highest BCUT2D eigenvalue weighted by Gasteiger charge is 2.23. The van der Waals surface area contributed by atoms with E-state index in [1.807, 2.05) is 19.1 Å². The highest BCUT2D eigenvalue weighted by molar-refractivity contribution is 5.93. The van der Waals surface area contributed by atoms with Gasteiger partial charge in [0, 0.05) is 48.5 Å². The van der Waals surface area contributed by atoms with E-state index >= 15 is 0 Å². The Bertz CT molecular complexity index is 1650. The predicted molar refractivity (Wildman–Crippen MR) is 173 cm³/mol.